The highest BCUT2D eigenvalue weighted by Gasteiger charge is 2.36. The van der Waals surface area contributed by atoms with Gasteiger partial charge in [0.2, 0.25) is 0 Å². The highest BCUT2D eigenvalue weighted by Crippen LogP contribution is 2.32. The van der Waals surface area contributed by atoms with E-state index in [4.69, 9.17) is 4.74 Å². The fourth-order valence-electron chi connectivity index (χ4n) is 1.89. The summed E-state index contributed by atoms with van der Waals surface area (Å²) < 4.78 is 5.19. The highest BCUT2D eigenvalue weighted by atomic mass is 16.5. The zero-order chi connectivity index (χ0) is 12.1. The monoisotopic (exact) mass is 220 g/mol. The summed E-state index contributed by atoms with van der Waals surface area (Å²) in [4.78, 5) is 11.7. The van der Waals surface area contributed by atoms with Crippen LogP contribution in [0.1, 0.15) is 33.6 Å². The average Bonchev–Trinajstić information content (AvgIpc) is 2.25. The third-order valence-electron chi connectivity index (χ3n) is 2.65. The third-order valence-corrected chi connectivity index (χ3v) is 2.65. The summed E-state index contributed by atoms with van der Waals surface area (Å²) in [6.07, 6.45) is 7.69. The van der Waals surface area contributed by atoms with E-state index in [9.17, 15) is 4.79 Å². The second-order valence-electron chi connectivity index (χ2n) is 4.25. The molecule has 1 aliphatic rings. The molecule has 0 aliphatic heterocycles. The maximum absolute atomic E-state index is 11.7. The molecular weight excluding hydrogens is 200 g/mol. The molecule has 16 heavy (non-hydrogen) atoms. The van der Waals surface area contributed by atoms with E-state index < -0.39 is 0 Å². The molecule has 0 spiro atoms. The molecule has 0 bridgehead atoms. The molecule has 1 atom stereocenters. The van der Waals surface area contributed by atoms with Crippen molar-refractivity contribution >= 4 is 5.78 Å². The van der Waals surface area contributed by atoms with Crippen LogP contribution in [0, 0.1) is 0 Å². The van der Waals surface area contributed by atoms with Crippen LogP contribution in [-0.2, 0) is 9.53 Å². The van der Waals surface area contributed by atoms with E-state index in [1.807, 2.05) is 32.9 Å². The molecule has 0 amide bonds. The van der Waals surface area contributed by atoms with Gasteiger partial charge in [-0.1, -0.05) is 23.8 Å². The van der Waals surface area contributed by atoms with Crippen molar-refractivity contribution in [2.75, 3.05) is 7.11 Å². The van der Waals surface area contributed by atoms with Gasteiger partial charge in [-0.05, 0) is 39.2 Å². The van der Waals surface area contributed by atoms with E-state index in [1.165, 1.54) is 0 Å². The van der Waals surface area contributed by atoms with Gasteiger partial charge in [0.1, 0.15) is 6.10 Å². The lowest BCUT2D eigenvalue weighted by atomic mass is 9.80. The lowest BCUT2D eigenvalue weighted by molar-refractivity contribution is -0.125. The van der Waals surface area contributed by atoms with Crippen LogP contribution < -0.4 is 0 Å². The summed E-state index contributed by atoms with van der Waals surface area (Å²) in [5.74, 6) is 0.124. The number of hydrogen-bond acceptors (Lipinski definition) is 2. The summed E-state index contributed by atoms with van der Waals surface area (Å²) in [5.41, 5.74) is 3.16. The molecule has 0 N–H and O–H groups in total. The summed E-state index contributed by atoms with van der Waals surface area (Å²) in [7, 11) is 1.59. The van der Waals surface area contributed by atoms with Crippen LogP contribution in [0.5, 0.6) is 0 Å². The van der Waals surface area contributed by atoms with Crippen LogP contribution in [-0.4, -0.2) is 19.0 Å². The number of carbonyl (C=O) groups is 1. The second-order valence-corrected chi connectivity index (χ2v) is 4.25. The minimum absolute atomic E-state index is 0.124. The number of ketones is 1. The van der Waals surface area contributed by atoms with Gasteiger partial charge in [-0.15, -0.1) is 0 Å². The van der Waals surface area contributed by atoms with Gasteiger partial charge in [0.25, 0.3) is 0 Å². The van der Waals surface area contributed by atoms with Gasteiger partial charge in [0.15, 0.2) is 5.78 Å². The average molecular weight is 220 g/mol. The van der Waals surface area contributed by atoms with Gasteiger partial charge in [-0.3, -0.25) is 4.79 Å². The number of allylic oxidation sites excluding steroid dienone is 4. The van der Waals surface area contributed by atoms with E-state index in [2.05, 4.69) is 6.08 Å². The lowest BCUT2D eigenvalue weighted by Crippen LogP contribution is -2.37. The lowest BCUT2D eigenvalue weighted by Gasteiger charge is -2.29. The molecule has 0 aromatic rings. The molecule has 2 nitrogen and oxygen atoms in total. The van der Waals surface area contributed by atoms with Crippen LogP contribution in [0.2, 0.25) is 0 Å². The molecular formula is C14H20O2. The molecule has 0 saturated carbocycles. The minimum Gasteiger partial charge on any atom is -0.369 e. The number of carbonyl (C=O) groups excluding carboxylic acids is 1. The Kier molecular flexibility index (Phi) is 4.69. The first kappa shape index (κ1) is 12.9. The Morgan fingerprint density at radius 2 is 2.12 bits per heavy atom. The summed E-state index contributed by atoms with van der Waals surface area (Å²) >= 11 is 0. The van der Waals surface area contributed by atoms with Crippen LogP contribution in [0.3, 0.4) is 0 Å². The van der Waals surface area contributed by atoms with E-state index in [0.29, 0.717) is 0 Å². The molecule has 1 unspecified atom stereocenters. The number of methoxy groups -OCH3 is 1. The standard InChI is InChI=1S/C14H20O2/c1-5-6-7-8-11-12(9-10(2)3)13(15)14(11)16-4/h5-6,9,14H,7-8H2,1-4H3/b6-5+. The zero-order valence-electron chi connectivity index (χ0n) is 10.5. The molecule has 0 saturated heterocycles. The second kappa shape index (κ2) is 5.80. The maximum Gasteiger partial charge on any atom is 0.195 e. The van der Waals surface area contributed by atoms with Gasteiger partial charge < -0.3 is 4.74 Å². The van der Waals surface area contributed by atoms with Gasteiger partial charge >= 0.3 is 0 Å². The highest BCUT2D eigenvalue weighted by molar-refractivity contribution is 6.11. The fraction of sp³-hybridized carbons (Fsp3) is 0.500. The topological polar surface area (TPSA) is 26.3 Å². The molecule has 0 aromatic carbocycles. The van der Waals surface area contributed by atoms with Crippen molar-refractivity contribution in [3.63, 3.8) is 0 Å². The van der Waals surface area contributed by atoms with E-state index in [1.54, 1.807) is 7.11 Å². The SMILES string of the molecule is C/C=C/CCC1=C(C=C(C)C)C(=O)C1OC. The van der Waals surface area contributed by atoms with E-state index in [-0.39, 0.29) is 11.9 Å². The molecule has 0 heterocycles. The molecule has 0 radical (unpaired) electrons. The summed E-state index contributed by atoms with van der Waals surface area (Å²) in [6, 6.07) is 0. The van der Waals surface area contributed by atoms with Crippen molar-refractivity contribution < 1.29 is 9.53 Å². The van der Waals surface area contributed by atoms with Gasteiger partial charge in [0.05, 0.1) is 0 Å². The third kappa shape index (κ3) is 2.70. The van der Waals surface area contributed by atoms with Crippen molar-refractivity contribution in [3.8, 4) is 0 Å². The Bertz CT molecular complexity index is 355. The maximum atomic E-state index is 11.7. The Balaban J connectivity index is 2.83. The minimum atomic E-state index is -0.296. The van der Waals surface area contributed by atoms with Crippen LogP contribution >= 0.6 is 0 Å². The number of Topliss-reactive ketones (excluding diaryl/α,β-unsaturated/α-hetero) is 1. The summed E-state index contributed by atoms with van der Waals surface area (Å²) in [5, 5.41) is 0. The molecule has 1 aliphatic carbocycles. The van der Waals surface area contributed by atoms with E-state index in [0.717, 1.165) is 29.6 Å². The first-order valence-electron chi connectivity index (χ1n) is 5.68. The van der Waals surface area contributed by atoms with Crippen molar-refractivity contribution in [3.05, 3.63) is 34.9 Å². The van der Waals surface area contributed by atoms with Crippen LogP contribution in [0.25, 0.3) is 0 Å². The fourth-order valence-corrected chi connectivity index (χ4v) is 1.89. The Hall–Kier alpha value is -1.15. The molecule has 88 valence electrons. The smallest absolute Gasteiger partial charge is 0.195 e. The molecule has 0 aromatic heterocycles. The zero-order valence-corrected chi connectivity index (χ0v) is 10.5. The number of hydrogen-bond donors (Lipinski definition) is 0. The number of rotatable bonds is 5. The van der Waals surface area contributed by atoms with Gasteiger partial charge in [-0.2, -0.15) is 0 Å². The predicted molar refractivity (Wildman–Crippen MR) is 66.3 cm³/mol. The van der Waals surface area contributed by atoms with Crippen LogP contribution in [0.15, 0.2) is 34.9 Å². The molecule has 1 rings (SSSR count). The Morgan fingerprint density at radius 3 is 2.62 bits per heavy atom. The molecule has 0 fully saturated rings. The van der Waals surface area contributed by atoms with E-state index >= 15 is 0 Å². The summed E-state index contributed by atoms with van der Waals surface area (Å²) in [6.45, 7) is 6.01. The van der Waals surface area contributed by atoms with Crippen molar-refractivity contribution in [2.24, 2.45) is 0 Å². The Labute approximate surface area is 97.7 Å². The van der Waals surface area contributed by atoms with Gasteiger partial charge in [0, 0.05) is 12.7 Å². The van der Waals surface area contributed by atoms with Crippen LogP contribution in [0.4, 0.5) is 0 Å². The first-order valence-corrected chi connectivity index (χ1v) is 5.68. The molecule has 2 heteroatoms. The number of ether oxygens (including phenoxy) is 1. The van der Waals surface area contributed by atoms with Crippen molar-refractivity contribution in [1.29, 1.82) is 0 Å². The predicted octanol–water partition coefficient (Wildman–Crippen LogP) is 3.20. The Morgan fingerprint density at radius 1 is 1.44 bits per heavy atom. The quantitative estimate of drug-likeness (QED) is 0.665. The first-order chi connectivity index (χ1) is 7.61. The normalized spacial score (nSPS) is 20.2. The largest absolute Gasteiger partial charge is 0.369 e. The van der Waals surface area contributed by atoms with Gasteiger partial charge in [-0.25, -0.2) is 0 Å². The van der Waals surface area contributed by atoms with Crippen molar-refractivity contribution in [1.82, 2.24) is 0 Å². The van der Waals surface area contributed by atoms with Crippen molar-refractivity contribution in [2.45, 2.75) is 39.7 Å².